The fourth-order valence-corrected chi connectivity index (χ4v) is 5.86. The number of aromatic nitrogens is 1. The highest BCUT2D eigenvalue weighted by molar-refractivity contribution is 6.21. The van der Waals surface area contributed by atoms with Gasteiger partial charge in [-0.25, -0.2) is 0 Å². The first kappa shape index (κ1) is 19.5. The van der Waals surface area contributed by atoms with Crippen LogP contribution in [0.1, 0.15) is 51.7 Å². The Balaban J connectivity index is 1.39. The number of hydrogen-bond donors (Lipinski definition) is 0. The Morgan fingerprint density at radius 2 is 1.66 bits per heavy atom. The minimum absolute atomic E-state index is 0.109. The van der Waals surface area contributed by atoms with Crippen LogP contribution >= 0.6 is 0 Å². The lowest BCUT2D eigenvalue weighted by atomic mass is 9.80. The largest absolute Gasteiger partial charge is 0.345 e. The highest BCUT2D eigenvalue weighted by Gasteiger charge is 2.39. The van der Waals surface area contributed by atoms with E-state index in [0.29, 0.717) is 29.8 Å². The van der Waals surface area contributed by atoms with E-state index in [1.807, 2.05) is 12.1 Å². The summed E-state index contributed by atoms with van der Waals surface area (Å²) in [5.74, 6) is -0.232. The summed E-state index contributed by atoms with van der Waals surface area (Å²) in [6.07, 6.45) is 5.66. The van der Waals surface area contributed by atoms with Crippen LogP contribution in [0.3, 0.4) is 0 Å². The molecule has 3 heterocycles. The molecular weight excluding hydrogens is 398 g/mol. The van der Waals surface area contributed by atoms with Crippen molar-refractivity contribution in [2.24, 2.45) is 5.92 Å². The molecule has 0 radical (unpaired) electrons. The molecule has 5 heteroatoms. The molecule has 2 aromatic carbocycles. The SMILES string of the molecule is CC(C)n1cc2c3c(cccc31)C1=C[C@@H](CN3C(=O)c4ccccc4C3=O)CN(C)[C@@H]1C2. The van der Waals surface area contributed by atoms with Gasteiger partial charge in [-0.15, -0.1) is 0 Å². The van der Waals surface area contributed by atoms with Crippen molar-refractivity contribution in [2.75, 3.05) is 20.1 Å². The van der Waals surface area contributed by atoms with Crippen LogP contribution in [0, 0.1) is 5.92 Å². The molecule has 2 atom stereocenters. The lowest BCUT2D eigenvalue weighted by Crippen LogP contribution is -2.46. The standard InChI is InChI=1S/C27H27N3O2/c1-16(2)29-15-18-12-24-22(19-9-6-10-23(29)25(18)19)11-17(13-28(24)3)14-30-26(31)20-7-4-5-8-21(20)27(30)32/h4-11,15-17,24H,12-14H2,1-3H3/t17-,24-/m1/s1. The van der Waals surface area contributed by atoms with E-state index < -0.39 is 0 Å². The summed E-state index contributed by atoms with van der Waals surface area (Å²) in [4.78, 5) is 29.6. The molecule has 162 valence electrons. The van der Waals surface area contributed by atoms with Gasteiger partial charge < -0.3 is 4.57 Å². The third-order valence-corrected chi connectivity index (χ3v) is 7.34. The van der Waals surface area contributed by atoms with E-state index >= 15 is 0 Å². The van der Waals surface area contributed by atoms with Gasteiger partial charge in [-0.3, -0.25) is 19.4 Å². The molecule has 0 saturated carbocycles. The highest BCUT2D eigenvalue weighted by Crippen LogP contribution is 2.42. The lowest BCUT2D eigenvalue weighted by molar-refractivity contribution is 0.0626. The van der Waals surface area contributed by atoms with Crippen molar-refractivity contribution < 1.29 is 9.59 Å². The Kier molecular flexibility index (Phi) is 4.21. The van der Waals surface area contributed by atoms with Crippen molar-refractivity contribution in [3.63, 3.8) is 0 Å². The first-order valence-corrected chi connectivity index (χ1v) is 11.4. The van der Waals surface area contributed by atoms with E-state index in [-0.39, 0.29) is 17.7 Å². The van der Waals surface area contributed by atoms with Crippen LogP contribution in [-0.2, 0) is 6.42 Å². The second kappa shape index (κ2) is 6.91. The van der Waals surface area contributed by atoms with Crippen LogP contribution in [0.25, 0.3) is 16.5 Å². The number of rotatable bonds is 3. The van der Waals surface area contributed by atoms with Crippen molar-refractivity contribution >= 4 is 28.3 Å². The molecule has 0 saturated heterocycles. The first-order chi connectivity index (χ1) is 15.4. The van der Waals surface area contributed by atoms with E-state index in [9.17, 15) is 9.59 Å². The highest BCUT2D eigenvalue weighted by atomic mass is 16.2. The zero-order valence-corrected chi connectivity index (χ0v) is 18.7. The average Bonchev–Trinajstić information content (AvgIpc) is 3.27. The van der Waals surface area contributed by atoms with Crippen LogP contribution in [-0.4, -0.2) is 52.4 Å². The van der Waals surface area contributed by atoms with E-state index in [2.05, 4.69) is 60.8 Å². The minimum atomic E-state index is -0.171. The van der Waals surface area contributed by atoms with Crippen molar-refractivity contribution in [1.82, 2.24) is 14.4 Å². The Bertz CT molecular complexity index is 1280. The molecule has 3 aromatic rings. The molecule has 0 unspecified atom stereocenters. The number of benzene rings is 2. The van der Waals surface area contributed by atoms with E-state index in [1.54, 1.807) is 12.1 Å². The maximum Gasteiger partial charge on any atom is 0.261 e. The number of imide groups is 1. The Labute approximate surface area is 187 Å². The maximum absolute atomic E-state index is 12.9. The Morgan fingerprint density at radius 1 is 0.969 bits per heavy atom. The minimum Gasteiger partial charge on any atom is -0.345 e. The van der Waals surface area contributed by atoms with Crippen molar-refractivity contribution in [3.8, 4) is 0 Å². The van der Waals surface area contributed by atoms with Gasteiger partial charge in [0.2, 0.25) is 0 Å². The smallest absolute Gasteiger partial charge is 0.261 e. The predicted octanol–water partition coefficient (Wildman–Crippen LogP) is 4.39. The molecule has 0 bridgehead atoms. The average molecular weight is 426 g/mol. The van der Waals surface area contributed by atoms with Gasteiger partial charge >= 0.3 is 0 Å². The summed E-state index contributed by atoms with van der Waals surface area (Å²) < 4.78 is 2.38. The first-order valence-electron chi connectivity index (χ1n) is 11.4. The van der Waals surface area contributed by atoms with Gasteiger partial charge in [0.1, 0.15) is 0 Å². The zero-order chi connectivity index (χ0) is 22.1. The number of fused-ring (bicyclic) bond motifs is 3. The lowest BCUT2D eigenvalue weighted by Gasteiger charge is -2.40. The maximum atomic E-state index is 12.9. The van der Waals surface area contributed by atoms with Gasteiger partial charge in [-0.2, -0.15) is 0 Å². The molecule has 1 aromatic heterocycles. The van der Waals surface area contributed by atoms with Gasteiger partial charge in [0.25, 0.3) is 11.8 Å². The molecule has 0 fully saturated rings. The van der Waals surface area contributed by atoms with Gasteiger partial charge in [0, 0.05) is 48.2 Å². The zero-order valence-electron chi connectivity index (χ0n) is 18.7. The fraction of sp³-hybridized carbons (Fsp3) is 0.333. The molecular formula is C27H27N3O2. The summed E-state index contributed by atoms with van der Waals surface area (Å²) >= 11 is 0. The van der Waals surface area contributed by atoms with Crippen LogP contribution < -0.4 is 0 Å². The molecule has 5 nitrogen and oxygen atoms in total. The molecule has 2 amide bonds. The third kappa shape index (κ3) is 2.67. The molecule has 32 heavy (non-hydrogen) atoms. The van der Waals surface area contributed by atoms with Crippen molar-refractivity contribution in [1.29, 1.82) is 0 Å². The molecule has 0 spiro atoms. The number of carbonyl (C=O) groups excluding carboxylic acids is 2. The van der Waals surface area contributed by atoms with E-state index in [0.717, 1.165) is 13.0 Å². The van der Waals surface area contributed by atoms with Crippen LogP contribution in [0.5, 0.6) is 0 Å². The monoisotopic (exact) mass is 425 g/mol. The molecule has 3 aliphatic rings. The van der Waals surface area contributed by atoms with Crippen molar-refractivity contribution in [2.45, 2.75) is 32.4 Å². The number of hydrogen-bond acceptors (Lipinski definition) is 3. The summed E-state index contributed by atoms with van der Waals surface area (Å²) in [5.41, 5.74) is 6.38. The van der Waals surface area contributed by atoms with Crippen LogP contribution in [0.4, 0.5) is 0 Å². The second-order valence-corrected chi connectivity index (χ2v) is 9.66. The Hall–Kier alpha value is -3.18. The quantitative estimate of drug-likeness (QED) is 0.585. The molecule has 1 aliphatic carbocycles. The molecule has 2 aliphatic heterocycles. The van der Waals surface area contributed by atoms with Crippen LogP contribution in [0.2, 0.25) is 0 Å². The van der Waals surface area contributed by atoms with Gasteiger partial charge in [-0.1, -0.05) is 30.3 Å². The van der Waals surface area contributed by atoms with Crippen molar-refractivity contribution in [3.05, 3.63) is 77.0 Å². The molecule has 6 rings (SSSR count). The number of amides is 2. The van der Waals surface area contributed by atoms with Crippen LogP contribution in [0.15, 0.2) is 54.7 Å². The topological polar surface area (TPSA) is 45.6 Å². The number of nitrogens with zero attached hydrogens (tertiary/aromatic N) is 3. The Morgan fingerprint density at radius 3 is 2.34 bits per heavy atom. The summed E-state index contributed by atoms with van der Waals surface area (Å²) in [5, 5.41) is 1.36. The van der Waals surface area contributed by atoms with Gasteiger partial charge in [-0.05, 0) is 62.2 Å². The summed E-state index contributed by atoms with van der Waals surface area (Å²) in [7, 11) is 2.16. The predicted molar refractivity (Wildman–Crippen MR) is 126 cm³/mol. The normalized spacial score (nSPS) is 22.5. The number of likely N-dealkylation sites (N-methyl/N-ethyl adjacent to an activating group) is 1. The second-order valence-electron chi connectivity index (χ2n) is 9.66. The van der Waals surface area contributed by atoms with E-state index in [1.165, 1.54) is 32.5 Å². The van der Waals surface area contributed by atoms with Gasteiger partial charge in [0.05, 0.1) is 11.1 Å². The third-order valence-electron chi connectivity index (χ3n) is 7.34. The summed E-state index contributed by atoms with van der Waals surface area (Å²) in [6, 6.07) is 14.5. The van der Waals surface area contributed by atoms with Gasteiger partial charge in [0.15, 0.2) is 0 Å². The molecule has 0 N–H and O–H groups in total. The van der Waals surface area contributed by atoms with E-state index in [4.69, 9.17) is 0 Å². The fourth-order valence-electron chi connectivity index (χ4n) is 5.86. The summed E-state index contributed by atoms with van der Waals surface area (Å²) in [6.45, 7) is 5.70. The number of carbonyl (C=O) groups is 2.